The number of carbonyl (C=O) groups is 1. The Bertz CT molecular complexity index is 355. The van der Waals surface area contributed by atoms with Crippen molar-refractivity contribution in [1.29, 1.82) is 0 Å². The number of anilines is 1. The van der Waals surface area contributed by atoms with Crippen LogP contribution in [0.15, 0.2) is 24.5 Å². The molecule has 1 aliphatic rings. The molecule has 0 aliphatic carbocycles. The fourth-order valence-corrected chi connectivity index (χ4v) is 1.70. The van der Waals surface area contributed by atoms with Crippen LogP contribution in [0.1, 0.15) is 6.92 Å². The summed E-state index contributed by atoms with van der Waals surface area (Å²) in [6.07, 6.45) is 2.70. The van der Waals surface area contributed by atoms with E-state index >= 15 is 0 Å². The normalized spacial score (nSPS) is 25.5. The predicted octanol–water partition coefficient (Wildman–Crippen LogP) is 0.754. The highest BCUT2D eigenvalue weighted by molar-refractivity contribution is 5.90. The van der Waals surface area contributed by atoms with Gasteiger partial charge in [0.15, 0.2) is 0 Å². The Morgan fingerprint density at radius 3 is 3.00 bits per heavy atom. The molecule has 80 valence electrons. The van der Waals surface area contributed by atoms with Crippen LogP contribution < -0.4 is 10.6 Å². The maximum atomic E-state index is 11.6. The highest BCUT2D eigenvalue weighted by Crippen LogP contribution is 2.25. The molecule has 2 atom stereocenters. The maximum Gasteiger partial charge on any atom is 0.415 e. The standard InChI is InChI=1S/C10H13N3O2/c1-7-9(5-11)15-10(14)13(7)8-3-2-4-12-6-8/h2-4,6-7,9H,5,11H2,1H3. The molecule has 2 heterocycles. The summed E-state index contributed by atoms with van der Waals surface area (Å²) in [7, 11) is 0. The summed E-state index contributed by atoms with van der Waals surface area (Å²) in [6.45, 7) is 2.25. The molecule has 1 aromatic heterocycles. The minimum Gasteiger partial charge on any atom is -0.442 e. The molecule has 0 spiro atoms. The first-order valence-electron chi connectivity index (χ1n) is 4.84. The third kappa shape index (κ3) is 1.66. The SMILES string of the molecule is CC1C(CN)OC(=O)N1c1cccnc1. The number of hydrogen-bond donors (Lipinski definition) is 1. The van der Waals surface area contributed by atoms with E-state index in [-0.39, 0.29) is 18.2 Å². The summed E-state index contributed by atoms with van der Waals surface area (Å²) < 4.78 is 5.12. The first-order chi connectivity index (χ1) is 7.24. The van der Waals surface area contributed by atoms with E-state index in [2.05, 4.69) is 4.98 Å². The molecule has 5 nitrogen and oxygen atoms in total. The summed E-state index contributed by atoms with van der Waals surface area (Å²) in [5.74, 6) is 0. The van der Waals surface area contributed by atoms with E-state index in [1.165, 1.54) is 0 Å². The second-order valence-corrected chi connectivity index (χ2v) is 3.48. The van der Waals surface area contributed by atoms with E-state index in [0.29, 0.717) is 6.54 Å². The molecule has 0 saturated carbocycles. The van der Waals surface area contributed by atoms with Crippen LogP contribution in [0.4, 0.5) is 10.5 Å². The third-order valence-corrected chi connectivity index (χ3v) is 2.55. The van der Waals surface area contributed by atoms with Gasteiger partial charge < -0.3 is 10.5 Å². The van der Waals surface area contributed by atoms with Crippen molar-refractivity contribution in [2.75, 3.05) is 11.4 Å². The molecule has 2 unspecified atom stereocenters. The van der Waals surface area contributed by atoms with Gasteiger partial charge in [-0.15, -0.1) is 0 Å². The zero-order valence-corrected chi connectivity index (χ0v) is 8.46. The van der Waals surface area contributed by atoms with Crippen LogP contribution in [0.25, 0.3) is 0 Å². The zero-order valence-electron chi connectivity index (χ0n) is 8.46. The van der Waals surface area contributed by atoms with Gasteiger partial charge in [0.05, 0.1) is 17.9 Å². The van der Waals surface area contributed by atoms with E-state index < -0.39 is 0 Å². The lowest BCUT2D eigenvalue weighted by molar-refractivity contribution is 0.137. The van der Waals surface area contributed by atoms with E-state index in [1.54, 1.807) is 23.4 Å². The van der Waals surface area contributed by atoms with Crippen LogP contribution >= 0.6 is 0 Å². The lowest BCUT2D eigenvalue weighted by Crippen LogP contribution is -2.37. The largest absolute Gasteiger partial charge is 0.442 e. The quantitative estimate of drug-likeness (QED) is 0.777. The van der Waals surface area contributed by atoms with Crippen molar-refractivity contribution in [3.63, 3.8) is 0 Å². The Balaban J connectivity index is 2.27. The summed E-state index contributed by atoms with van der Waals surface area (Å²) in [5.41, 5.74) is 6.25. The Kier molecular flexibility index (Phi) is 2.55. The van der Waals surface area contributed by atoms with Crippen molar-refractivity contribution in [2.45, 2.75) is 19.1 Å². The average molecular weight is 207 g/mol. The molecule has 2 N–H and O–H groups in total. The summed E-state index contributed by atoms with van der Waals surface area (Å²) in [5, 5.41) is 0. The summed E-state index contributed by atoms with van der Waals surface area (Å²) in [6, 6.07) is 3.56. The Morgan fingerprint density at radius 1 is 1.67 bits per heavy atom. The molecule has 1 saturated heterocycles. The van der Waals surface area contributed by atoms with Gasteiger partial charge in [-0.3, -0.25) is 9.88 Å². The van der Waals surface area contributed by atoms with Gasteiger partial charge in [-0.05, 0) is 19.1 Å². The van der Waals surface area contributed by atoms with Crippen molar-refractivity contribution in [2.24, 2.45) is 5.73 Å². The number of carbonyl (C=O) groups excluding carboxylic acids is 1. The lowest BCUT2D eigenvalue weighted by atomic mass is 10.2. The average Bonchev–Trinajstić information content (AvgIpc) is 2.55. The molecule has 15 heavy (non-hydrogen) atoms. The number of ether oxygens (including phenoxy) is 1. The fourth-order valence-electron chi connectivity index (χ4n) is 1.70. The van der Waals surface area contributed by atoms with Gasteiger partial charge >= 0.3 is 6.09 Å². The van der Waals surface area contributed by atoms with Crippen LogP contribution in [0.5, 0.6) is 0 Å². The van der Waals surface area contributed by atoms with Gasteiger partial charge in [0, 0.05) is 12.7 Å². The van der Waals surface area contributed by atoms with E-state index in [1.807, 2.05) is 13.0 Å². The van der Waals surface area contributed by atoms with Crippen molar-refractivity contribution in [3.05, 3.63) is 24.5 Å². The number of nitrogens with zero attached hydrogens (tertiary/aromatic N) is 2. The van der Waals surface area contributed by atoms with Crippen LogP contribution in [-0.4, -0.2) is 29.8 Å². The number of rotatable bonds is 2. The van der Waals surface area contributed by atoms with Crippen LogP contribution in [0.3, 0.4) is 0 Å². The lowest BCUT2D eigenvalue weighted by Gasteiger charge is -2.19. The van der Waals surface area contributed by atoms with Crippen LogP contribution in [-0.2, 0) is 4.74 Å². The number of amides is 1. The second-order valence-electron chi connectivity index (χ2n) is 3.48. The van der Waals surface area contributed by atoms with Crippen molar-refractivity contribution < 1.29 is 9.53 Å². The molecule has 5 heteroatoms. The van der Waals surface area contributed by atoms with Crippen molar-refractivity contribution >= 4 is 11.8 Å². The van der Waals surface area contributed by atoms with Gasteiger partial charge in [0.1, 0.15) is 6.10 Å². The monoisotopic (exact) mass is 207 g/mol. The molecule has 2 rings (SSSR count). The predicted molar refractivity (Wildman–Crippen MR) is 55.5 cm³/mol. The van der Waals surface area contributed by atoms with Gasteiger partial charge in [0.2, 0.25) is 0 Å². The first kappa shape index (κ1) is 9.92. The van der Waals surface area contributed by atoms with Crippen LogP contribution in [0, 0.1) is 0 Å². The molecule has 0 radical (unpaired) electrons. The van der Waals surface area contributed by atoms with Gasteiger partial charge in [0.25, 0.3) is 0 Å². The Hall–Kier alpha value is -1.62. The number of hydrogen-bond acceptors (Lipinski definition) is 4. The molecule has 0 bridgehead atoms. The Labute approximate surface area is 87.8 Å². The smallest absolute Gasteiger partial charge is 0.415 e. The Morgan fingerprint density at radius 2 is 2.47 bits per heavy atom. The van der Waals surface area contributed by atoms with E-state index in [9.17, 15) is 4.79 Å². The number of cyclic esters (lactones) is 1. The van der Waals surface area contributed by atoms with Crippen molar-refractivity contribution in [3.8, 4) is 0 Å². The zero-order chi connectivity index (χ0) is 10.8. The van der Waals surface area contributed by atoms with E-state index in [0.717, 1.165) is 5.69 Å². The molecular formula is C10H13N3O2. The molecule has 1 aliphatic heterocycles. The molecule has 0 aromatic carbocycles. The summed E-state index contributed by atoms with van der Waals surface area (Å²) in [4.78, 5) is 17.1. The third-order valence-electron chi connectivity index (χ3n) is 2.55. The molecule has 1 aromatic rings. The fraction of sp³-hybridized carbons (Fsp3) is 0.400. The number of pyridine rings is 1. The first-order valence-corrected chi connectivity index (χ1v) is 4.84. The topological polar surface area (TPSA) is 68.5 Å². The minimum atomic E-state index is -0.356. The second kappa shape index (κ2) is 3.86. The van der Waals surface area contributed by atoms with E-state index in [4.69, 9.17) is 10.5 Å². The molecule has 1 amide bonds. The summed E-state index contributed by atoms with van der Waals surface area (Å²) >= 11 is 0. The highest BCUT2D eigenvalue weighted by atomic mass is 16.6. The number of aromatic nitrogens is 1. The minimum absolute atomic E-state index is 0.0494. The van der Waals surface area contributed by atoms with Crippen LogP contribution in [0.2, 0.25) is 0 Å². The van der Waals surface area contributed by atoms with Gasteiger partial charge in [-0.25, -0.2) is 4.79 Å². The number of nitrogens with two attached hydrogens (primary N) is 1. The molecule has 1 fully saturated rings. The highest BCUT2D eigenvalue weighted by Gasteiger charge is 2.38. The van der Waals surface area contributed by atoms with Gasteiger partial charge in [-0.1, -0.05) is 0 Å². The van der Waals surface area contributed by atoms with Gasteiger partial charge in [-0.2, -0.15) is 0 Å². The van der Waals surface area contributed by atoms with Crippen molar-refractivity contribution in [1.82, 2.24) is 4.98 Å². The maximum absolute atomic E-state index is 11.6. The molecular weight excluding hydrogens is 194 g/mol.